The fourth-order valence-corrected chi connectivity index (χ4v) is 2.96. The van der Waals surface area contributed by atoms with Crippen LogP contribution in [0.2, 0.25) is 0 Å². The first-order valence-electron chi connectivity index (χ1n) is 8.19. The molecule has 2 N–H and O–H groups in total. The molecule has 2 aromatic carbocycles. The molecular formula is C20H21FN2O3. The first kappa shape index (κ1) is 19.6. The maximum Gasteiger partial charge on any atom is 0.336 e. The summed E-state index contributed by atoms with van der Waals surface area (Å²) in [6.07, 6.45) is 0.850. The number of rotatable bonds is 7. The van der Waals surface area contributed by atoms with Crippen molar-refractivity contribution in [2.24, 2.45) is 0 Å². The van der Waals surface area contributed by atoms with Crippen LogP contribution in [0.5, 0.6) is 0 Å². The van der Waals surface area contributed by atoms with Gasteiger partial charge < -0.3 is 15.1 Å². The number of benzene rings is 2. The van der Waals surface area contributed by atoms with Crippen LogP contribution in [0.25, 0.3) is 0 Å². The van der Waals surface area contributed by atoms with Crippen molar-refractivity contribution >= 4 is 5.97 Å². The third kappa shape index (κ3) is 4.26. The van der Waals surface area contributed by atoms with Gasteiger partial charge >= 0.3 is 5.97 Å². The van der Waals surface area contributed by atoms with E-state index in [0.717, 1.165) is 0 Å². The van der Waals surface area contributed by atoms with Crippen molar-refractivity contribution in [3.63, 3.8) is 0 Å². The lowest BCUT2D eigenvalue weighted by molar-refractivity contribution is 0.0580. The molecule has 6 heteroatoms. The summed E-state index contributed by atoms with van der Waals surface area (Å²) in [4.78, 5) is 13.7. The third-order valence-corrected chi connectivity index (χ3v) is 4.29. The van der Waals surface area contributed by atoms with E-state index in [1.54, 1.807) is 0 Å². The van der Waals surface area contributed by atoms with Gasteiger partial charge in [-0.2, -0.15) is 5.26 Å². The Morgan fingerprint density at radius 2 is 1.88 bits per heavy atom. The normalized spacial score (nSPS) is 13.2. The van der Waals surface area contributed by atoms with Gasteiger partial charge in [-0.3, -0.25) is 0 Å². The lowest BCUT2D eigenvalue weighted by atomic mass is 9.80. The quantitative estimate of drug-likeness (QED) is 0.797. The van der Waals surface area contributed by atoms with E-state index in [-0.39, 0.29) is 23.1 Å². The predicted molar refractivity (Wildman–Crippen MR) is 95.3 cm³/mol. The maximum absolute atomic E-state index is 13.3. The van der Waals surface area contributed by atoms with Crippen LogP contribution in [0, 0.1) is 17.1 Å². The molecule has 2 rings (SSSR count). The summed E-state index contributed by atoms with van der Waals surface area (Å²) in [6.45, 7) is 0.697. The molecule has 0 radical (unpaired) electrons. The SMILES string of the molecule is CN(C)CCCC(O)(c1ccc(F)cc1)c1ccc(C#N)cc1C(=O)O. The number of nitriles is 1. The highest BCUT2D eigenvalue weighted by Gasteiger charge is 2.35. The second kappa shape index (κ2) is 8.09. The first-order valence-corrected chi connectivity index (χ1v) is 8.19. The summed E-state index contributed by atoms with van der Waals surface area (Å²) in [5.41, 5.74) is -0.952. The molecule has 0 bridgehead atoms. The van der Waals surface area contributed by atoms with Crippen LogP contribution in [0.3, 0.4) is 0 Å². The molecule has 136 valence electrons. The van der Waals surface area contributed by atoms with Crippen LogP contribution in [0.1, 0.15) is 39.9 Å². The van der Waals surface area contributed by atoms with Crippen molar-refractivity contribution in [2.45, 2.75) is 18.4 Å². The van der Waals surface area contributed by atoms with Gasteiger partial charge in [-0.25, -0.2) is 9.18 Å². The fraction of sp³-hybridized carbons (Fsp3) is 0.300. The summed E-state index contributed by atoms with van der Waals surface area (Å²) in [5.74, 6) is -1.67. The minimum absolute atomic E-state index is 0.138. The Morgan fingerprint density at radius 3 is 2.42 bits per heavy atom. The minimum Gasteiger partial charge on any atom is -0.478 e. The predicted octanol–water partition coefficient (Wildman–Crippen LogP) is 2.97. The number of carboxylic acid groups (broad SMARTS) is 1. The van der Waals surface area contributed by atoms with Crippen LogP contribution >= 0.6 is 0 Å². The monoisotopic (exact) mass is 356 g/mol. The number of hydrogen-bond donors (Lipinski definition) is 2. The van der Waals surface area contributed by atoms with E-state index in [9.17, 15) is 19.4 Å². The minimum atomic E-state index is -1.61. The zero-order chi connectivity index (χ0) is 19.3. The molecule has 0 heterocycles. The molecule has 26 heavy (non-hydrogen) atoms. The molecule has 0 aliphatic carbocycles. The molecule has 0 saturated heterocycles. The summed E-state index contributed by atoms with van der Waals surface area (Å²) >= 11 is 0. The van der Waals surface area contributed by atoms with Crippen molar-refractivity contribution in [2.75, 3.05) is 20.6 Å². The number of carbonyl (C=O) groups is 1. The van der Waals surface area contributed by atoms with Gasteiger partial charge in [0.05, 0.1) is 17.2 Å². The zero-order valence-electron chi connectivity index (χ0n) is 14.7. The lowest BCUT2D eigenvalue weighted by Gasteiger charge is -2.31. The van der Waals surface area contributed by atoms with Crippen molar-refractivity contribution in [3.05, 3.63) is 70.5 Å². The van der Waals surface area contributed by atoms with Gasteiger partial charge in [0.1, 0.15) is 11.4 Å². The number of nitrogens with zero attached hydrogens (tertiary/aromatic N) is 2. The van der Waals surface area contributed by atoms with E-state index >= 15 is 0 Å². The highest BCUT2D eigenvalue weighted by atomic mass is 19.1. The number of hydrogen-bond acceptors (Lipinski definition) is 4. The van der Waals surface area contributed by atoms with Crippen molar-refractivity contribution in [1.82, 2.24) is 4.90 Å². The highest BCUT2D eigenvalue weighted by Crippen LogP contribution is 2.36. The van der Waals surface area contributed by atoms with Crippen LogP contribution in [-0.4, -0.2) is 41.7 Å². The largest absolute Gasteiger partial charge is 0.478 e. The third-order valence-electron chi connectivity index (χ3n) is 4.29. The van der Waals surface area contributed by atoms with Crippen LogP contribution < -0.4 is 0 Å². The standard InChI is InChI=1S/C20H21FN2O3/c1-23(2)11-3-10-20(26,15-5-7-16(21)8-6-15)18-9-4-14(13-22)12-17(18)19(24)25/h4-9,12,26H,3,10-11H2,1-2H3,(H,24,25). The van der Waals surface area contributed by atoms with E-state index in [4.69, 9.17) is 5.26 Å². The topological polar surface area (TPSA) is 84.6 Å². The lowest BCUT2D eigenvalue weighted by Crippen LogP contribution is -2.31. The maximum atomic E-state index is 13.3. The Bertz CT molecular complexity index is 828. The Hall–Kier alpha value is -2.75. The van der Waals surface area contributed by atoms with Gasteiger partial charge in [0.25, 0.3) is 0 Å². The van der Waals surface area contributed by atoms with Gasteiger partial charge in [-0.15, -0.1) is 0 Å². The molecule has 0 spiro atoms. The first-order chi connectivity index (χ1) is 12.3. The van der Waals surface area contributed by atoms with Gasteiger partial charge in [0, 0.05) is 5.56 Å². The van der Waals surface area contributed by atoms with E-state index < -0.39 is 17.4 Å². The molecule has 1 atom stereocenters. The summed E-state index contributed by atoms with van der Waals surface area (Å²) < 4.78 is 13.3. The van der Waals surface area contributed by atoms with E-state index in [1.807, 2.05) is 25.1 Å². The van der Waals surface area contributed by atoms with Gasteiger partial charge in [0.15, 0.2) is 0 Å². The second-order valence-corrected chi connectivity index (χ2v) is 6.45. The van der Waals surface area contributed by atoms with E-state index in [2.05, 4.69) is 0 Å². The molecule has 1 unspecified atom stereocenters. The molecule has 2 aromatic rings. The molecule has 0 aliphatic heterocycles. The average Bonchev–Trinajstić information content (AvgIpc) is 2.61. The van der Waals surface area contributed by atoms with Crippen LogP contribution in [0.15, 0.2) is 42.5 Å². The van der Waals surface area contributed by atoms with Gasteiger partial charge in [0.2, 0.25) is 0 Å². The fourth-order valence-electron chi connectivity index (χ4n) is 2.96. The number of aliphatic hydroxyl groups is 1. The summed E-state index contributed by atoms with van der Waals surface area (Å²) in [7, 11) is 3.81. The van der Waals surface area contributed by atoms with Gasteiger partial charge in [-0.1, -0.05) is 18.2 Å². The smallest absolute Gasteiger partial charge is 0.336 e. The number of halogens is 1. The Morgan fingerprint density at radius 1 is 1.23 bits per heavy atom. The Kier molecular flexibility index (Phi) is 6.09. The number of carboxylic acids is 1. The molecule has 0 aliphatic rings. The van der Waals surface area contributed by atoms with Crippen molar-refractivity contribution < 1.29 is 19.4 Å². The summed E-state index contributed by atoms with van der Waals surface area (Å²) in [5, 5.41) is 30.1. The van der Waals surface area contributed by atoms with E-state index in [0.29, 0.717) is 18.5 Å². The molecule has 0 amide bonds. The molecule has 0 saturated carbocycles. The van der Waals surface area contributed by atoms with Crippen molar-refractivity contribution in [1.29, 1.82) is 5.26 Å². The van der Waals surface area contributed by atoms with Crippen LogP contribution in [0.4, 0.5) is 4.39 Å². The molecular weight excluding hydrogens is 335 g/mol. The summed E-state index contributed by atoms with van der Waals surface area (Å²) in [6, 6.07) is 11.5. The Labute approximate surface area is 151 Å². The van der Waals surface area contributed by atoms with Crippen LogP contribution in [-0.2, 0) is 5.60 Å². The average molecular weight is 356 g/mol. The highest BCUT2D eigenvalue weighted by molar-refractivity contribution is 5.90. The molecule has 5 nitrogen and oxygen atoms in total. The Balaban J connectivity index is 2.58. The van der Waals surface area contributed by atoms with E-state index in [1.165, 1.54) is 42.5 Å². The zero-order valence-corrected chi connectivity index (χ0v) is 14.7. The second-order valence-electron chi connectivity index (χ2n) is 6.45. The van der Waals surface area contributed by atoms with Gasteiger partial charge in [-0.05, 0) is 63.3 Å². The molecule has 0 fully saturated rings. The number of aromatic carboxylic acids is 1. The van der Waals surface area contributed by atoms with Crippen molar-refractivity contribution in [3.8, 4) is 6.07 Å². The molecule has 0 aromatic heterocycles.